The standard InChI is InChI=1S/C25H31N5O4/c1-25(2,3)34-24(33)28(4)19-8-9-22-26-13-21(30(22)14-19)17-6-5-7-18(12-17)27-23(32)16-29-11-10-20(31)15-29/h5-9,12-14,20,31H,10-11,15-16H2,1-4H3,(H,27,32). The Morgan fingerprint density at radius 1 is 1.26 bits per heavy atom. The molecule has 9 nitrogen and oxygen atoms in total. The van der Waals surface area contributed by atoms with Gasteiger partial charge in [0, 0.05) is 37.6 Å². The van der Waals surface area contributed by atoms with Crippen molar-refractivity contribution in [2.75, 3.05) is 36.9 Å². The molecule has 180 valence electrons. The van der Waals surface area contributed by atoms with Gasteiger partial charge in [0.05, 0.1) is 30.2 Å². The Bertz CT molecular complexity index is 1200. The second-order valence-corrected chi connectivity index (χ2v) is 9.60. The molecule has 1 saturated heterocycles. The van der Waals surface area contributed by atoms with E-state index in [0.29, 0.717) is 24.3 Å². The number of benzene rings is 1. The number of aliphatic hydroxyl groups excluding tert-OH is 1. The Morgan fingerprint density at radius 3 is 2.76 bits per heavy atom. The summed E-state index contributed by atoms with van der Waals surface area (Å²) >= 11 is 0. The number of anilines is 2. The molecule has 34 heavy (non-hydrogen) atoms. The lowest BCUT2D eigenvalue weighted by molar-refractivity contribution is -0.117. The van der Waals surface area contributed by atoms with Crippen LogP contribution >= 0.6 is 0 Å². The fraction of sp³-hybridized carbons (Fsp3) is 0.400. The molecule has 2 aromatic heterocycles. The highest BCUT2D eigenvalue weighted by Gasteiger charge is 2.23. The molecule has 0 radical (unpaired) electrons. The number of carbonyl (C=O) groups is 2. The molecule has 0 spiro atoms. The summed E-state index contributed by atoms with van der Waals surface area (Å²) in [6, 6.07) is 11.2. The number of hydrogen-bond donors (Lipinski definition) is 2. The van der Waals surface area contributed by atoms with E-state index >= 15 is 0 Å². The van der Waals surface area contributed by atoms with E-state index in [1.54, 1.807) is 13.2 Å². The van der Waals surface area contributed by atoms with Gasteiger partial charge < -0.3 is 15.2 Å². The van der Waals surface area contributed by atoms with Gasteiger partial charge in [-0.15, -0.1) is 0 Å². The number of fused-ring (bicyclic) bond motifs is 1. The molecule has 4 rings (SSSR count). The number of likely N-dealkylation sites (tertiary alicyclic amines) is 1. The van der Waals surface area contributed by atoms with Gasteiger partial charge in [0.2, 0.25) is 5.91 Å². The van der Waals surface area contributed by atoms with Crippen LogP contribution in [0, 0.1) is 0 Å². The van der Waals surface area contributed by atoms with E-state index in [9.17, 15) is 14.7 Å². The lowest BCUT2D eigenvalue weighted by Crippen LogP contribution is -2.34. The van der Waals surface area contributed by atoms with Crippen molar-refractivity contribution in [1.82, 2.24) is 14.3 Å². The minimum absolute atomic E-state index is 0.120. The van der Waals surface area contributed by atoms with Crippen LogP contribution in [0.3, 0.4) is 0 Å². The summed E-state index contributed by atoms with van der Waals surface area (Å²) < 4.78 is 7.38. The zero-order valence-electron chi connectivity index (χ0n) is 20.0. The summed E-state index contributed by atoms with van der Waals surface area (Å²) in [5.74, 6) is -0.120. The summed E-state index contributed by atoms with van der Waals surface area (Å²) in [7, 11) is 1.67. The minimum atomic E-state index is -0.588. The molecular formula is C25H31N5O4. The number of hydrogen-bond acceptors (Lipinski definition) is 6. The molecule has 3 heterocycles. The smallest absolute Gasteiger partial charge is 0.414 e. The Balaban J connectivity index is 1.53. The van der Waals surface area contributed by atoms with Crippen molar-refractivity contribution in [1.29, 1.82) is 0 Å². The summed E-state index contributed by atoms with van der Waals surface area (Å²) in [6.07, 6.45) is 3.50. The quantitative estimate of drug-likeness (QED) is 0.599. The monoisotopic (exact) mass is 465 g/mol. The van der Waals surface area contributed by atoms with Crippen molar-refractivity contribution in [3.8, 4) is 11.3 Å². The third-order valence-electron chi connectivity index (χ3n) is 5.60. The highest BCUT2D eigenvalue weighted by Crippen LogP contribution is 2.26. The molecule has 2 N–H and O–H groups in total. The van der Waals surface area contributed by atoms with Gasteiger partial charge in [0.15, 0.2) is 0 Å². The van der Waals surface area contributed by atoms with Crippen LogP contribution in [0.15, 0.2) is 48.8 Å². The largest absolute Gasteiger partial charge is 0.443 e. The van der Waals surface area contributed by atoms with Gasteiger partial charge in [-0.3, -0.25) is 19.0 Å². The first-order valence-corrected chi connectivity index (χ1v) is 11.3. The number of amides is 2. The lowest BCUT2D eigenvalue weighted by Gasteiger charge is -2.24. The molecule has 9 heteroatoms. The van der Waals surface area contributed by atoms with E-state index in [1.807, 2.05) is 72.7 Å². The average molecular weight is 466 g/mol. The highest BCUT2D eigenvalue weighted by molar-refractivity contribution is 5.93. The molecule has 1 aliphatic heterocycles. The summed E-state index contributed by atoms with van der Waals surface area (Å²) in [5.41, 5.74) is 3.19. The van der Waals surface area contributed by atoms with E-state index < -0.39 is 11.7 Å². The van der Waals surface area contributed by atoms with Crippen LogP contribution in [-0.4, -0.2) is 69.8 Å². The molecule has 1 atom stereocenters. The molecule has 0 bridgehead atoms. The van der Waals surface area contributed by atoms with Crippen molar-refractivity contribution in [3.05, 3.63) is 48.8 Å². The van der Waals surface area contributed by atoms with Gasteiger partial charge in [-0.1, -0.05) is 12.1 Å². The molecule has 0 aliphatic carbocycles. The number of aliphatic hydroxyl groups is 1. The van der Waals surface area contributed by atoms with E-state index in [1.165, 1.54) is 4.90 Å². The van der Waals surface area contributed by atoms with Crippen molar-refractivity contribution in [2.24, 2.45) is 0 Å². The van der Waals surface area contributed by atoms with Gasteiger partial charge >= 0.3 is 6.09 Å². The van der Waals surface area contributed by atoms with Gasteiger partial charge in [0.1, 0.15) is 11.2 Å². The van der Waals surface area contributed by atoms with E-state index in [-0.39, 0.29) is 18.6 Å². The number of imidazole rings is 1. The van der Waals surface area contributed by atoms with Crippen molar-refractivity contribution in [2.45, 2.75) is 38.9 Å². The minimum Gasteiger partial charge on any atom is -0.443 e. The first-order valence-electron chi connectivity index (χ1n) is 11.3. The molecule has 2 amide bonds. The van der Waals surface area contributed by atoms with Crippen LogP contribution in [0.1, 0.15) is 27.2 Å². The maximum Gasteiger partial charge on any atom is 0.414 e. The number of pyridine rings is 1. The molecule has 3 aromatic rings. The van der Waals surface area contributed by atoms with Crippen molar-refractivity contribution < 1.29 is 19.4 Å². The molecule has 1 unspecified atom stereocenters. The van der Waals surface area contributed by atoms with Crippen LogP contribution in [0.25, 0.3) is 16.9 Å². The first-order chi connectivity index (χ1) is 16.1. The number of β-amino-alcohol motifs (C(OH)–C–C–N with tert-alkyl or cyclic N) is 1. The predicted octanol–water partition coefficient (Wildman–Crippen LogP) is 3.38. The summed E-state index contributed by atoms with van der Waals surface area (Å²) in [6.45, 7) is 6.98. The number of nitrogens with one attached hydrogen (secondary N) is 1. The summed E-state index contributed by atoms with van der Waals surface area (Å²) in [5, 5.41) is 12.6. The maximum absolute atomic E-state index is 12.5. The highest BCUT2D eigenvalue weighted by atomic mass is 16.6. The Kier molecular flexibility index (Phi) is 6.58. The van der Waals surface area contributed by atoms with E-state index in [4.69, 9.17) is 4.74 Å². The van der Waals surface area contributed by atoms with Crippen LogP contribution in [-0.2, 0) is 9.53 Å². The Labute approximate surface area is 199 Å². The van der Waals surface area contributed by atoms with Gasteiger partial charge in [-0.05, 0) is 51.5 Å². The fourth-order valence-corrected chi connectivity index (χ4v) is 3.93. The zero-order chi connectivity index (χ0) is 24.5. The third-order valence-corrected chi connectivity index (χ3v) is 5.60. The number of carbonyl (C=O) groups excluding carboxylic acids is 2. The maximum atomic E-state index is 12.5. The second kappa shape index (κ2) is 9.44. The molecule has 1 aromatic carbocycles. The molecular weight excluding hydrogens is 434 g/mol. The number of aromatic nitrogens is 2. The molecule has 1 fully saturated rings. The second-order valence-electron chi connectivity index (χ2n) is 9.60. The topological polar surface area (TPSA) is 99.4 Å². The van der Waals surface area contributed by atoms with Gasteiger partial charge in [-0.25, -0.2) is 9.78 Å². The normalized spacial score (nSPS) is 16.6. The predicted molar refractivity (Wildman–Crippen MR) is 131 cm³/mol. The molecule has 1 aliphatic rings. The SMILES string of the molecule is CN(C(=O)OC(C)(C)C)c1ccc2ncc(-c3cccc(NC(=O)CN4CCC(O)C4)c3)n2c1. The Morgan fingerprint density at radius 2 is 2.06 bits per heavy atom. The summed E-state index contributed by atoms with van der Waals surface area (Å²) in [4.78, 5) is 32.8. The van der Waals surface area contributed by atoms with Crippen LogP contribution < -0.4 is 10.2 Å². The lowest BCUT2D eigenvalue weighted by atomic mass is 10.1. The fourth-order valence-electron chi connectivity index (χ4n) is 3.93. The average Bonchev–Trinajstić information content (AvgIpc) is 3.37. The number of rotatable bonds is 5. The Hall–Kier alpha value is -3.43. The van der Waals surface area contributed by atoms with Crippen LogP contribution in [0.5, 0.6) is 0 Å². The number of nitrogens with zero attached hydrogens (tertiary/aromatic N) is 4. The van der Waals surface area contributed by atoms with E-state index in [0.717, 1.165) is 23.4 Å². The van der Waals surface area contributed by atoms with Crippen LogP contribution in [0.4, 0.5) is 16.2 Å². The zero-order valence-corrected chi connectivity index (χ0v) is 20.0. The van der Waals surface area contributed by atoms with Gasteiger partial charge in [-0.2, -0.15) is 0 Å². The van der Waals surface area contributed by atoms with Gasteiger partial charge in [0.25, 0.3) is 0 Å². The molecule has 0 saturated carbocycles. The van der Waals surface area contributed by atoms with Crippen molar-refractivity contribution >= 4 is 29.0 Å². The van der Waals surface area contributed by atoms with Crippen LogP contribution in [0.2, 0.25) is 0 Å². The van der Waals surface area contributed by atoms with Crippen molar-refractivity contribution in [3.63, 3.8) is 0 Å². The number of ether oxygens (including phenoxy) is 1. The van der Waals surface area contributed by atoms with E-state index in [2.05, 4.69) is 10.3 Å². The first kappa shape index (κ1) is 23.7. The third kappa shape index (κ3) is 5.55.